The molecule has 0 radical (unpaired) electrons. The Morgan fingerprint density at radius 3 is 2.38 bits per heavy atom. The van der Waals surface area contributed by atoms with Crippen LogP contribution in [0.3, 0.4) is 0 Å². The Kier molecular flexibility index (Phi) is 5.56. The molecule has 142 valence electrons. The number of hydrogen-bond acceptors (Lipinski definition) is 5. The van der Waals surface area contributed by atoms with Crippen molar-refractivity contribution >= 4 is 17.4 Å². The van der Waals surface area contributed by atoms with E-state index in [0.29, 0.717) is 6.04 Å². The summed E-state index contributed by atoms with van der Waals surface area (Å²) < 4.78 is 0. The van der Waals surface area contributed by atoms with Gasteiger partial charge in [0, 0.05) is 38.1 Å². The van der Waals surface area contributed by atoms with Gasteiger partial charge in [-0.2, -0.15) is 0 Å². The van der Waals surface area contributed by atoms with Gasteiger partial charge in [0.2, 0.25) is 5.91 Å². The van der Waals surface area contributed by atoms with Crippen LogP contribution in [0.4, 0.5) is 11.5 Å². The molecule has 0 spiro atoms. The normalized spacial score (nSPS) is 22.6. The van der Waals surface area contributed by atoms with E-state index in [1.54, 1.807) is 6.33 Å². The van der Waals surface area contributed by atoms with Crippen molar-refractivity contribution < 1.29 is 4.79 Å². The first-order valence-corrected chi connectivity index (χ1v) is 10.4. The van der Waals surface area contributed by atoms with E-state index in [-0.39, 0.29) is 11.8 Å². The number of nitrogens with one attached hydrogen (secondary N) is 1. The summed E-state index contributed by atoms with van der Waals surface area (Å²) in [6, 6.07) is 0.415. The molecule has 3 fully saturated rings. The zero-order chi connectivity index (χ0) is 17.8. The van der Waals surface area contributed by atoms with Crippen LogP contribution in [-0.4, -0.2) is 48.1 Å². The summed E-state index contributed by atoms with van der Waals surface area (Å²) in [5.74, 6) is 1.51. The molecule has 26 heavy (non-hydrogen) atoms. The summed E-state index contributed by atoms with van der Waals surface area (Å²) in [4.78, 5) is 26.2. The molecule has 0 bridgehead atoms. The standard InChI is InChI=1S/C20H31N5O/c26-20(23-17-6-2-1-3-7-17)16-8-12-24(13-9-16)18-14-21-15-22-19(18)25-10-4-5-11-25/h14-17H,1-13H2,(H,23,26). The van der Waals surface area contributed by atoms with Gasteiger partial charge < -0.3 is 15.1 Å². The molecule has 3 heterocycles. The van der Waals surface area contributed by atoms with Crippen LogP contribution >= 0.6 is 0 Å². The highest BCUT2D eigenvalue weighted by Crippen LogP contribution is 2.32. The molecule has 2 saturated heterocycles. The molecule has 0 atom stereocenters. The largest absolute Gasteiger partial charge is 0.367 e. The zero-order valence-corrected chi connectivity index (χ0v) is 15.7. The Bertz CT molecular complexity index is 602. The van der Waals surface area contributed by atoms with Crippen molar-refractivity contribution in [1.82, 2.24) is 15.3 Å². The van der Waals surface area contributed by atoms with Crippen LogP contribution in [0.5, 0.6) is 0 Å². The summed E-state index contributed by atoms with van der Waals surface area (Å²) in [6.45, 7) is 4.00. The summed E-state index contributed by atoms with van der Waals surface area (Å²) in [6.07, 6.45) is 14.1. The predicted molar refractivity (Wildman–Crippen MR) is 103 cm³/mol. The van der Waals surface area contributed by atoms with Gasteiger partial charge in [-0.3, -0.25) is 4.79 Å². The maximum Gasteiger partial charge on any atom is 0.223 e. The third kappa shape index (κ3) is 3.94. The molecule has 0 unspecified atom stereocenters. The van der Waals surface area contributed by atoms with Crippen LogP contribution in [-0.2, 0) is 4.79 Å². The van der Waals surface area contributed by atoms with Gasteiger partial charge in [0.05, 0.1) is 11.9 Å². The lowest BCUT2D eigenvalue weighted by Crippen LogP contribution is -2.44. The maximum atomic E-state index is 12.6. The molecule has 4 rings (SSSR count). The van der Waals surface area contributed by atoms with Gasteiger partial charge in [-0.05, 0) is 38.5 Å². The Hall–Kier alpha value is -1.85. The van der Waals surface area contributed by atoms with Gasteiger partial charge in [-0.15, -0.1) is 0 Å². The summed E-state index contributed by atoms with van der Waals surface area (Å²) in [7, 11) is 0. The average molecular weight is 358 g/mol. The van der Waals surface area contributed by atoms with Crippen LogP contribution in [0.25, 0.3) is 0 Å². The number of amides is 1. The average Bonchev–Trinajstić information content (AvgIpc) is 3.24. The molecule has 1 aromatic heterocycles. The lowest BCUT2D eigenvalue weighted by molar-refractivity contribution is -0.126. The quantitative estimate of drug-likeness (QED) is 0.898. The number of nitrogens with zero attached hydrogens (tertiary/aromatic N) is 4. The van der Waals surface area contributed by atoms with Crippen LogP contribution in [0.15, 0.2) is 12.5 Å². The van der Waals surface area contributed by atoms with Gasteiger partial charge >= 0.3 is 0 Å². The van der Waals surface area contributed by atoms with E-state index >= 15 is 0 Å². The van der Waals surface area contributed by atoms with Gasteiger partial charge in [0.1, 0.15) is 6.33 Å². The molecule has 0 aromatic carbocycles. The highest BCUT2D eigenvalue weighted by atomic mass is 16.1. The van der Waals surface area contributed by atoms with Crippen molar-refractivity contribution in [2.75, 3.05) is 36.0 Å². The first-order chi connectivity index (χ1) is 12.8. The van der Waals surface area contributed by atoms with E-state index in [1.165, 1.54) is 32.1 Å². The number of anilines is 2. The maximum absolute atomic E-state index is 12.6. The lowest BCUT2D eigenvalue weighted by atomic mass is 9.92. The summed E-state index contributed by atoms with van der Waals surface area (Å²) >= 11 is 0. The fraction of sp³-hybridized carbons (Fsp3) is 0.750. The minimum absolute atomic E-state index is 0.160. The number of hydrogen-bond donors (Lipinski definition) is 1. The predicted octanol–water partition coefficient (Wildman–Crippen LogP) is 2.74. The topological polar surface area (TPSA) is 61.4 Å². The monoisotopic (exact) mass is 357 g/mol. The summed E-state index contributed by atoms with van der Waals surface area (Å²) in [5, 5.41) is 3.31. The molecule has 2 aliphatic heterocycles. The molecule has 1 N–H and O–H groups in total. The number of aromatic nitrogens is 2. The van der Waals surface area contributed by atoms with Crippen LogP contribution < -0.4 is 15.1 Å². The molecule has 1 aromatic rings. The zero-order valence-electron chi connectivity index (χ0n) is 15.7. The molecule has 6 heteroatoms. The SMILES string of the molecule is O=C(NC1CCCCC1)C1CCN(c2cncnc2N2CCCC2)CC1. The minimum atomic E-state index is 0.160. The minimum Gasteiger partial charge on any atom is -0.367 e. The second-order valence-corrected chi connectivity index (χ2v) is 8.03. The highest BCUT2D eigenvalue weighted by Gasteiger charge is 2.29. The van der Waals surface area contributed by atoms with E-state index < -0.39 is 0 Å². The second-order valence-electron chi connectivity index (χ2n) is 8.03. The van der Waals surface area contributed by atoms with E-state index in [0.717, 1.165) is 63.4 Å². The van der Waals surface area contributed by atoms with Gasteiger partial charge in [-0.1, -0.05) is 19.3 Å². The van der Waals surface area contributed by atoms with Crippen molar-refractivity contribution in [3.8, 4) is 0 Å². The lowest BCUT2D eigenvalue weighted by Gasteiger charge is -2.35. The Morgan fingerprint density at radius 2 is 1.65 bits per heavy atom. The molecule has 1 aliphatic carbocycles. The van der Waals surface area contributed by atoms with Crippen molar-refractivity contribution in [2.45, 2.75) is 63.8 Å². The van der Waals surface area contributed by atoms with E-state index in [1.807, 2.05) is 6.20 Å². The molecular formula is C20H31N5O. The molecule has 1 saturated carbocycles. The van der Waals surface area contributed by atoms with E-state index in [4.69, 9.17) is 0 Å². The van der Waals surface area contributed by atoms with Crippen molar-refractivity contribution in [3.05, 3.63) is 12.5 Å². The third-order valence-electron chi connectivity index (χ3n) is 6.24. The highest BCUT2D eigenvalue weighted by molar-refractivity contribution is 5.79. The van der Waals surface area contributed by atoms with Crippen molar-refractivity contribution in [3.63, 3.8) is 0 Å². The number of carbonyl (C=O) groups is 1. The van der Waals surface area contributed by atoms with Crippen molar-refractivity contribution in [1.29, 1.82) is 0 Å². The van der Waals surface area contributed by atoms with Gasteiger partial charge in [0.25, 0.3) is 0 Å². The molecule has 6 nitrogen and oxygen atoms in total. The van der Waals surface area contributed by atoms with E-state index in [9.17, 15) is 4.79 Å². The van der Waals surface area contributed by atoms with Crippen LogP contribution in [0, 0.1) is 5.92 Å². The number of carbonyl (C=O) groups excluding carboxylic acids is 1. The fourth-order valence-electron chi connectivity index (χ4n) is 4.66. The fourth-order valence-corrected chi connectivity index (χ4v) is 4.66. The first kappa shape index (κ1) is 17.6. The Labute approximate surface area is 156 Å². The number of piperidine rings is 1. The molecular weight excluding hydrogens is 326 g/mol. The Morgan fingerprint density at radius 1 is 0.923 bits per heavy atom. The first-order valence-electron chi connectivity index (χ1n) is 10.4. The van der Waals surface area contributed by atoms with Crippen LogP contribution in [0.1, 0.15) is 57.8 Å². The van der Waals surface area contributed by atoms with Gasteiger partial charge in [-0.25, -0.2) is 9.97 Å². The smallest absolute Gasteiger partial charge is 0.223 e. The Balaban J connectivity index is 1.34. The third-order valence-corrected chi connectivity index (χ3v) is 6.24. The summed E-state index contributed by atoms with van der Waals surface area (Å²) in [5.41, 5.74) is 1.14. The van der Waals surface area contributed by atoms with Gasteiger partial charge in [0.15, 0.2) is 5.82 Å². The van der Waals surface area contributed by atoms with Crippen molar-refractivity contribution in [2.24, 2.45) is 5.92 Å². The second kappa shape index (κ2) is 8.23. The van der Waals surface area contributed by atoms with Crippen LogP contribution in [0.2, 0.25) is 0 Å². The number of rotatable bonds is 4. The van der Waals surface area contributed by atoms with E-state index in [2.05, 4.69) is 25.1 Å². The molecule has 1 amide bonds. The molecule has 3 aliphatic rings.